The highest BCUT2D eigenvalue weighted by Gasteiger charge is 2.26. The average molecular weight is 272 g/mol. The molecule has 0 bridgehead atoms. The number of rotatable bonds is 5. The van der Waals surface area contributed by atoms with Crippen LogP contribution in [0.15, 0.2) is 12.1 Å². The largest absolute Gasteiger partial charge is 0.401 e. The minimum Gasteiger partial charge on any atom is -0.302 e. The number of ketones is 1. The lowest BCUT2D eigenvalue weighted by Gasteiger charge is -2.06. The number of Topliss-reactive ketones (excluding diaryl/α,β-unsaturated/α-hetero) is 1. The monoisotopic (exact) mass is 271 g/mol. The molecule has 1 N–H and O–H groups in total. The van der Waals surface area contributed by atoms with Crippen LogP contribution >= 0.6 is 22.9 Å². The van der Waals surface area contributed by atoms with Crippen molar-refractivity contribution < 1.29 is 18.0 Å². The number of hydrogen-bond donors (Lipinski definition) is 1. The summed E-state index contributed by atoms with van der Waals surface area (Å²) in [5.74, 6) is -0.289. The number of hydrogen-bond acceptors (Lipinski definition) is 3. The standard InChI is InChI=1S/C9H9ClF3NOS/c10-8-2-1-7(16-8)3-6(15)4-14-5-9(11,12)13/h1-2,14H,3-5H2. The van der Waals surface area contributed by atoms with E-state index in [1.807, 2.05) is 5.32 Å². The lowest BCUT2D eigenvalue weighted by molar-refractivity contribution is -0.127. The molecule has 2 nitrogen and oxygen atoms in total. The summed E-state index contributed by atoms with van der Waals surface area (Å²) in [6.45, 7) is -1.43. The Bertz CT molecular complexity index is 364. The average Bonchev–Trinajstić information content (AvgIpc) is 2.48. The van der Waals surface area contributed by atoms with Gasteiger partial charge in [-0.1, -0.05) is 11.6 Å². The Labute approximate surface area is 99.4 Å². The molecule has 0 atom stereocenters. The van der Waals surface area contributed by atoms with E-state index in [1.165, 1.54) is 11.3 Å². The minimum atomic E-state index is -4.29. The first kappa shape index (κ1) is 13.5. The van der Waals surface area contributed by atoms with E-state index < -0.39 is 12.7 Å². The topological polar surface area (TPSA) is 29.1 Å². The summed E-state index contributed by atoms with van der Waals surface area (Å²) in [4.78, 5) is 12.0. The van der Waals surface area contributed by atoms with Gasteiger partial charge in [0.05, 0.1) is 17.4 Å². The van der Waals surface area contributed by atoms with Crippen molar-refractivity contribution in [1.29, 1.82) is 0 Å². The van der Waals surface area contributed by atoms with E-state index >= 15 is 0 Å². The van der Waals surface area contributed by atoms with Gasteiger partial charge in [-0.05, 0) is 12.1 Å². The molecule has 0 radical (unpaired) electrons. The first-order valence-corrected chi connectivity index (χ1v) is 5.59. The predicted molar refractivity (Wildman–Crippen MR) is 57.0 cm³/mol. The lowest BCUT2D eigenvalue weighted by atomic mass is 10.2. The third-order valence-electron chi connectivity index (χ3n) is 1.65. The van der Waals surface area contributed by atoms with Gasteiger partial charge < -0.3 is 5.32 Å². The SMILES string of the molecule is O=C(CNCC(F)(F)F)Cc1ccc(Cl)s1. The molecule has 0 fully saturated rings. The van der Waals surface area contributed by atoms with E-state index in [4.69, 9.17) is 11.6 Å². The molecule has 0 spiro atoms. The quantitative estimate of drug-likeness (QED) is 0.892. The van der Waals surface area contributed by atoms with Gasteiger partial charge in [0.1, 0.15) is 0 Å². The summed E-state index contributed by atoms with van der Waals surface area (Å²) < 4.78 is 35.8. The van der Waals surface area contributed by atoms with Crippen LogP contribution < -0.4 is 5.32 Å². The smallest absolute Gasteiger partial charge is 0.302 e. The molecule has 90 valence electrons. The summed E-state index contributed by atoms with van der Waals surface area (Å²) in [5.41, 5.74) is 0. The van der Waals surface area contributed by atoms with Gasteiger partial charge in [-0.25, -0.2) is 0 Å². The lowest BCUT2D eigenvalue weighted by Crippen LogP contribution is -2.33. The molecular weight excluding hydrogens is 263 g/mol. The number of alkyl halides is 3. The molecule has 1 heterocycles. The highest BCUT2D eigenvalue weighted by molar-refractivity contribution is 7.16. The van der Waals surface area contributed by atoms with Crippen LogP contribution in [0, 0.1) is 0 Å². The molecule has 0 saturated heterocycles. The van der Waals surface area contributed by atoms with Crippen molar-refractivity contribution in [2.24, 2.45) is 0 Å². The number of carbonyl (C=O) groups is 1. The van der Waals surface area contributed by atoms with E-state index in [0.717, 1.165) is 4.88 Å². The summed E-state index contributed by atoms with van der Waals surface area (Å²) in [6, 6.07) is 3.34. The molecule has 0 amide bonds. The highest BCUT2D eigenvalue weighted by atomic mass is 35.5. The zero-order chi connectivity index (χ0) is 12.2. The van der Waals surface area contributed by atoms with Crippen LogP contribution in [-0.2, 0) is 11.2 Å². The maximum atomic E-state index is 11.7. The molecule has 1 rings (SSSR count). The second kappa shape index (κ2) is 5.65. The van der Waals surface area contributed by atoms with Crippen molar-refractivity contribution in [3.8, 4) is 0 Å². The zero-order valence-electron chi connectivity index (χ0n) is 8.10. The predicted octanol–water partition coefficient (Wildman–Crippen LogP) is 2.67. The second-order valence-electron chi connectivity index (χ2n) is 3.14. The Kier molecular flexibility index (Phi) is 4.76. The fourth-order valence-electron chi connectivity index (χ4n) is 1.05. The van der Waals surface area contributed by atoms with Crippen molar-refractivity contribution in [2.75, 3.05) is 13.1 Å². The second-order valence-corrected chi connectivity index (χ2v) is 4.94. The van der Waals surface area contributed by atoms with Gasteiger partial charge >= 0.3 is 6.18 Å². The maximum absolute atomic E-state index is 11.7. The van der Waals surface area contributed by atoms with E-state index in [0.29, 0.717) is 4.34 Å². The first-order valence-electron chi connectivity index (χ1n) is 4.40. The number of nitrogens with one attached hydrogen (secondary N) is 1. The Hall–Kier alpha value is -0.590. The zero-order valence-corrected chi connectivity index (χ0v) is 9.68. The van der Waals surface area contributed by atoms with Crippen LogP contribution in [0.1, 0.15) is 4.88 Å². The summed E-state index contributed by atoms with van der Waals surface area (Å²) in [7, 11) is 0. The van der Waals surface area contributed by atoms with Crippen molar-refractivity contribution >= 4 is 28.7 Å². The van der Waals surface area contributed by atoms with Crippen LogP contribution in [0.4, 0.5) is 13.2 Å². The van der Waals surface area contributed by atoms with Crippen LogP contribution in [0.5, 0.6) is 0 Å². The number of halogens is 4. The molecule has 7 heteroatoms. The van der Waals surface area contributed by atoms with Crippen LogP contribution in [0.25, 0.3) is 0 Å². The van der Waals surface area contributed by atoms with E-state index in [-0.39, 0.29) is 18.7 Å². The van der Waals surface area contributed by atoms with Crippen molar-refractivity contribution in [2.45, 2.75) is 12.6 Å². The minimum absolute atomic E-state index is 0.113. The van der Waals surface area contributed by atoms with Gasteiger partial charge in [-0.2, -0.15) is 13.2 Å². The van der Waals surface area contributed by atoms with E-state index in [1.54, 1.807) is 12.1 Å². The Morgan fingerprint density at radius 3 is 2.62 bits per heavy atom. The normalized spacial score (nSPS) is 11.8. The molecule has 0 aliphatic carbocycles. The maximum Gasteiger partial charge on any atom is 0.401 e. The Morgan fingerprint density at radius 2 is 2.12 bits per heavy atom. The van der Waals surface area contributed by atoms with Gasteiger partial charge in [0.15, 0.2) is 5.78 Å². The third kappa shape index (κ3) is 5.48. The third-order valence-corrected chi connectivity index (χ3v) is 2.88. The molecule has 0 unspecified atom stereocenters. The molecule has 0 aliphatic heterocycles. The van der Waals surface area contributed by atoms with E-state index in [2.05, 4.69) is 0 Å². The Morgan fingerprint density at radius 1 is 1.44 bits per heavy atom. The summed E-state index contributed by atoms with van der Waals surface area (Å²) in [6.07, 6.45) is -4.17. The summed E-state index contributed by atoms with van der Waals surface area (Å²) >= 11 is 6.90. The number of thiophene rings is 1. The highest BCUT2D eigenvalue weighted by Crippen LogP contribution is 2.21. The van der Waals surface area contributed by atoms with Crippen molar-refractivity contribution in [3.63, 3.8) is 0 Å². The van der Waals surface area contributed by atoms with Crippen LogP contribution in [-0.4, -0.2) is 25.0 Å². The summed E-state index contributed by atoms with van der Waals surface area (Å²) in [5, 5.41) is 2.05. The van der Waals surface area contributed by atoms with Gasteiger partial charge in [0, 0.05) is 11.3 Å². The fraction of sp³-hybridized carbons (Fsp3) is 0.444. The van der Waals surface area contributed by atoms with Gasteiger partial charge in [-0.15, -0.1) is 11.3 Å². The van der Waals surface area contributed by atoms with Crippen LogP contribution in [0.3, 0.4) is 0 Å². The van der Waals surface area contributed by atoms with E-state index in [9.17, 15) is 18.0 Å². The fourth-order valence-corrected chi connectivity index (χ4v) is 2.16. The molecule has 1 aromatic heterocycles. The molecule has 16 heavy (non-hydrogen) atoms. The van der Waals surface area contributed by atoms with Crippen molar-refractivity contribution in [1.82, 2.24) is 5.32 Å². The van der Waals surface area contributed by atoms with Gasteiger partial charge in [0.2, 0.25) is 0 Å². The molecule has 1 aromatic rings. The number of carbonyl (C=O) groups excluding carboxylic acids is 1. The van der Waals surface area contributed by atoms with Gasteiger partial charge in [-0.3, -0.25) is 4.79 Å². The van der Waals surface area contributed by atoms with Crippen LogP contribution in [0.2, 0.25) is 4.34 Å². The van der Waals surface area contributed by atoms with Gasteiger partial charge in [0.25, 0.3) is 0 Å². The van der Waals surface area contributed by atoms with Crippen molar-refractivity contribution in [3.05, 3.63) is 21.3 Å². The molecule has 0 aliphatic rings. The molecule has 0 aromatic carbocycles. The molecular formula is C9H9ClF3NOS. The Balaban J connectivity index is 2.26. The molecule has 0 saturated carbocycles. The first-order chi connectivity index (χ1) is 7.37.